The molecule has 52 valence electrons. The van der Waals surface area contributed by atoms with Crippen LogP contribution in [0, 0.1) is 0 Å². The van der Waals surface area contributed by atoms with Crippen LogP contribution in [0.1, 0.15) is 13.3 Å². The summed E-state index contributed by atoms with van der Waals surface area (Å²) in [6, 6.07) is 0. The van der Waals surface area contributed by atoms with Gasteiger partial charge in [-0.15, -0.1) is 0 Å². The maximum atomic E-state index is 10.7. The fourth-order valence-electron chi connectivity index (χ4n) is 0.980. The standard InChI is InChI=1S/C5H11N3O/c1-5(6)2-4(9)8(7)3-5/h2-3,6-7H2,1H3. The van der Waals surface area contributed by atoms with E-state index in [1.54, 1.807) is 0 Å². The highest BCUT2D eigenvalue weighted by Crippen LogP contribution is 2.15. The predicted octanol–water partition coefficient (Wildman–Crippen LogP) is -1.19. The molecule has 0 bridgehead atoms. The summed E-state index contributed by atoms with van der Waals surface area (Å²) < 4.78 is 0. The second-order valence-corrected chi connectivity index (χ2v) is 2.85. The van der Waals surface area contributed by atoms with E-state index in [9.17, 15) is 4.79 Å². The van der Waals surface area contributed by atoms with E-state index in [1.807, 2.05) is 6.92 Å². The van der Waals surface area contributed by atoms with Gasteiger partial charge in [0, 0.05) is 12.0 Å². The normalized spacial score (nSPS) is 35.9. The van der Waals surface area contributed by atoms with E-state index in [2.05, 4.69) is 0 Å². The van der Waals surface area contributed by atoms with Crippen LogP contribution in [0.4, 0.5) is 0 Å². The van der Waals surface area contributed by atoms with Crippen molar-refractivity contribution < 1.29 is 4.79 Å². The van der Waals surface area contributed by atoms with Crippen LogP contribution in [0.3, 0.4) is 0 Å². The first-order valence-corrected chi connectivity index (χ1v) is 2.85. The Labute approximate surface area is 53.8 Å². The molecule has 0 spiro atoms. The molecule has 0 aromatic heterocycles. The van der Waals surface area contributed by atoms with Crippen LogP contribution < -0.4 is 11.6 Å². The van der Waals surface area contributed by atoms with Crippen molar-refractivity contribution in [3.05, 3.63) is 0 Å². The molecule has 4 heteroatoms. The van der Waals surface area contributed by atoms with Gasteiger partial charge in [0.25, 0.3) is 0 Å². The highest BCUT2D eigenvalue weighted by Gasteiger charge is 2.34. The van der Waals surface area contributed by atoms with Crippen molar-refractivity contribution >= 4 is 5.91 Å². The minimum absolute atomic E-state index is 0.0694. The van der Waals surface area contributed by atoms with Gasteiger partial charge in [-0.05, 0) is 6.92 Å². The van der Waals surface area contributed by atoms with Crippen molar-refractivity contribution in [1.29, 1.82) is 0 Å². The predicted molar refractivity (Wildman–Crippen MR) is 33.1 cm³/mol. The molecule has 1 amide bonds. The third kappa shape index (κ3) is 1.20. The van der Waals surface area contributed by atoms with E-state index >= 15 is 0 Å². The Morgan fingerprint density at radius 1 is 1.78 bits per heavy atom. The smallest absolute Gasteiger partial charge is 0.238 e. The van der Waals surface area contributed by atoms with Crippen LogP contribution in [-0.4, -0.2) is 23.0 Å². The molecule has 9 heavy (non-hydrogen) atoms. The summed E-state index contributed by atoms with van der Waals surface area (Å²) in [5.74, 6) is 5.19. The lowest BCUT2D eigenvalue weighted by Crippen LogP contribution is -2.41. The largest absolute Gasteiger partial charge is 0.323 e. The number of hydrazine groups is 1. The van der Waals surface area contributed by atoms with Crippen LogP contribution in [0.2, 0.25) is 0 Å². The molecule has 0 aromatic rings. The van der Waals surface area contributed by atoms with Crippen LogP contribution in [0.5, 0.6) is 0 Å². The molecule has 4 N–H and O–H groups in total. The zero-order chi connectivity index (χ0) is 7.07. The van der Waals surface area contributed by atoms with Gasteiger partial charge in [0.2, 0.25) is 5.91 Å². The van der Waals surface area contributed by atoms with E-state index in [1.165, 1.54) is 5.01 Å². The number of nitrogens with two attached hydrogens (primary N) is 2. The first kappa shape index (κ1) is 6.51. The second-order valence-electron chi connectivity index (χ2n) is 2.85. The van der Waals surface area contributed by atoms with Gasteiger partial charge in [0.15, 0.2) is 0 Å². The Morgan fingerprint density at radius 2 is 2.33 bits per heavy atom. The summed E-state index contributed by atoms with van der Waals surface area (Å²) in [5, 5.41) is 1.17. The molecule has 1 aliphatic rings. The molecule has 1 unspecified atom stereocenters. The minimum atomic E-state index is -0.411. The summed E-state index contributed by atoms with van der Waals surface area (Å²) in [5.41, 5.74) is 5.21. The molecule has 1 aliphatic heterocycles. The fraction of sp³-hybridized carbons (Fsp3) is 0.800. The van der Waals surface area contributed by atoms with Crippen LogP contribution >= 0.6 is 0 Å². The van der Waals surface area contributed by atoms with Gasteiger partial charge in [-0.1, -0.05) is 0 Å². The summed E-state index contributed by atoms with van der Waals surface area (Å²) >= 11 is 0. The van der Waals surface area contributed by atoms with Crippen molar-refractivity contribution in [2.75, 3.05) is 6.54 Å². The second kappa shape index (κ2) is 1.68. The number of carbonyl (C=O) groups excluding carboxylic acids is 1. The van der Waals surface area contributed by atoms with Gasteiger partial charge in [-0.25, -0.2) is 5.84 Å². The van der Waals surface area contributed by atoms with E-state index < -0.39 is 5.54 Å². The average molecular weight is 129 g/mol. The van der Waals surface area contributed by atoms with E-state index in [-0.39, 0.29) is 5.91 Å². The highest BCUT2D eigenvalue weighted by molar-refractivity contribution is 5.79. The highest BCUT2D eigenvalue weighted by atomic mass is 16.2. The number of nitrogens with zero attached hydrogens (tertiary/aromatic N) is 1. The Hall–Kier alpha value is -0.610. The fourth-order valence-corrected chi connectivity index (χ4v) is 0.980. The minimum Gasteiger partial charge on any atom is -0.323 e. The number of carbonyl (C=O) groups is 1. The molecule has 1 fully saturated rings. The molecule has 1 saturated heterocycles. The van der Waals surface area contributed by atoms with Crippen LogP contribution in [0.25, 0.3) is 0 Å². The van der Waals surface area contributed by atoms with E-state index in [0.717, 1.165) is 0 Å². The molecule has 0 aromatic carbocycles. The number of hydrogen-bond donors (Lipinski definition) is 2. The quantitative estimate of drug-likeness (QED) is 0.319. The van der Waals surface area contributed by atoms with Crippen molar-refractivity contribution in [3.8, 4) is 0 Å². The van der Waals surface area contributed by atoms with Crippen molar-refractivity contribution in [2.45, 2.75) is 18.9 Å². The number of amides is 1. The summed E-state index contributed by atoms with van der Waals surface area (Å²) in [6.45, 7) is 2.28. The first-order chi connectivity index (χ1) is 4.01. The van der Waals surface area contributed by atoms with E-state index in [4.69, 9.17) is 11.6 Å². The third-order valence-corrected chi connectivity index (χ3v) is 1.41. The lowest BCUT2D eigenvalue weighted by atomic mass is 10.0. The van der Waals surface area contributed by atoms with Crippen molar-refractivity contribution in [1.82, 2.24) is 5.01 Å². The summed E-state index contributed by atoms with van der Waals surface area (Å²) in [4.78, 5) is 10.7. The third-order valence-electron chi connectivity index (χ3n) is 1.41. The van der Waals surface area contributed by atoms with Crippen LogP contribution in [0.15, 0.2) is 0 Å². The van der Waals surface area contributed by atoms with Gasteiger partial charge >= 0.3 is 0 Å². The van der Waals surface area contributed by atoms with Gasteiger partial charge in [0.1, 0.15) is 0 Å². The Bertz CT molecular complexity index is 143. The molecule has 4 nitrogen and oxygen atoms in total. The van der Waals surface area contributed by atoms with Crippen LogP contribution in [-0.2, 0) is 4.79 Å². The zero-order valence-corrected chi connectivity index (χ0v) is 5.42. The van der Waals surface area contributed by atoms with Crippen molar-refractivity contribution in [2.24, 2.45) is 11.6 Å². The van der Waals surface area contributed by atoms with Gasteiger partial charge < -0.3 is 5.73 Å². The molecule has 0 saturated carbocycles. The Kier molecular flexibility index (Phi) is 1.22. The molecular weight excluding hydrogens is 118 g/mol. The Morgan fingerprint density at radius 3 is 2.44 bits per heavy atom. The molecule has 0 radical (unpaired) electrons. The average Bonchev–Trinajstić information content (AvgIpc) is 1.79. The summed E-state index contributed by atoms with van der Waals surface area (Å²) in [7, 11) is 0. The molecule has 1 rings (SSSR count). The number of rotatable bonds is 0. The maximum absolute atomic E-state index is 10.7. The lowest BCUT2D eigenvalue weighted by molar-refractivity contribution is -0.127. The Balaban J connectivity index is 2.65. The molecule has 1 heterocycles. The van der Waals surface area contributed by atoms with Crippen molar-refractivity contribution in [3.63, 3.8) is 0 Å². The molecule has 0 aliphatic carbocycles. The maximum Gasteiger partial charge on any atom is 0.238 e. The summed E-state index contributed by atoms with van der Waals surface area (Å²) in [6.07, 6.45) is 0.365. The monoisotopic (exact) mass is 129 g/mol. The molecule has 1 atom stereocenters. The lowest BCUT2D eigenvalue weighted by Gasteiger charge is -2.14. The number of hydrogen-bond acceptors (Lipinski definition) is 3. The SMILES string of the molecule is CC1(N)CC(=O)N(N)C1. The van der Waals surface area contributed by atoms with Gasteiger partial charge in [0.05, 0.1) is 6.54 Å². The van der Waals surface area contributed by atoms with Gasteiger partial charge in [-0.3, -0.25) is 9.80 Å². The molecular formula is C5H11N3O. The first-order valence-electron chi connectivity index (χ1n) is 2.85. The van der Waals surface area contributed by atoms with E-state index in [0.29, 0.717) is 13.0 Å². The topological polar surface area (TPSA) is 72.4 Å². The van der Waals surface area contributed by atoms with Gasteiger partial charge in [-0.2, -0.15) is 0 Å². The zero-order valence-electron chi connectivity index (χ0n) is 5.42.